The third-order valence-electron chi connectivity index (χ3n) is 1.87. The maximum Gasteiger partial charge on any atom is 0.181 e. The minimum atomic E-state index is -0.894. The second kappa shape index (κ2) is 2.65. The van der Waals surface area contributed by atoms with Crippen LogP contribution in [0.5, 0.6) is 0 Å². The minimum absolute atomic E-state index is 0.753. The van der Waals surface area contributed by atoms with Crippen LogP contribution in [-0.2, 0) is 4.79 Å². The van der Waals surface area contributed by atoms with Crippen LogP contribution in [0.15, 0.2) is 0 Å². The molecular weight excluding hydrogens is 130 g/mol. The maximum absolute atomic E-state index is 10.5. The topological polar surface area (TPSA) is 58.4 Å². The SMILES string of the molecule is CCN1CCNC1(N)C=O. The molecule has 0 spiro atoms. The van der Waals surface area contributed by atoms with Gasteiger partial charge in [-0.25, -0.2) is 0 Å². The Labute approximate surface area is 60.4 Å². The smallest absolute Gasteiger partial charge is 0.181 e. The van der Waals surface area contributed by atoms with E-state index in [-0.39, 0.29) is 0 Å². The van der Waals surface area contributed by atoms with Gasteiger partial charge in [0.2, 0.25) is 0 Å². The number of nitrogens with zero attached hydrogens (tertiary/aromatic N) is 1. The monoisotopic (exact) mass is 143 g/mol. The summed E-state index contributed by atoms with van der Waals surface area (Å²) < 4.78 is 0. The third-order valence-corrected chi connectivity index (χ3v) is 1.87. The minimum Gasteiger partial charge on any atom is -0.298 e. The fraction of sp³-hybridized carbons (Fsp3) is 0.833. The van der Waals surface area contributed by atoms with E-state index < -0.39 is 5.79 Å². The van der Waals surface area contributed by atoms with E-state index in [0.29, 0.717) is 0 Å². The molecule has 0 bridgehead atoms. The van der Waals surface area contributed by atoms with E-state index in [4.69, 9.17) is 5.73 Å². The highest BCUT2D eigenvalue weighted by Crippen LogP contribution is 2.06. The van der Waals surface area contributed by atoms with Gasteiger partial charge in [0.15, 0.2) is 12.1 Å². The van der Waals surface area contributed by atoms with Crippen molar-refractivity contribution in [1.29, 1.82) is 0 Å². The predicted octanol–water partition coefficient (Wildman–Crippen LogP) is -1.28. The Morgan fingerprint density at radius 3 is 3.00 bits per heavy atom. The number of hydrogen-bond acceptors (Lipinski definition) is 4. The van der Waals surface area contributed by atoms with Crippen molar-refractivity contribution in [2.75, 3.05) is 19.6 Å². The van der Waals surface area contributed by atoms with E-state index >= 15 is 0 Å². The van der Waals surface area contributed by atoms with Crippen LogP contribution in [0.4, 0.5) is 0 Å². The van der Waals surface area contributed by atoms with Crippen LogP contribution < -0.4 is 11.1 Å². The van der Waals surface area contributed by atoms with Crippen LogP contribution in [0.3, 0.4) is 0 Å². The molecule has 1 atom stereocenters. The predicted molar refractivity (Wildman–Crippen MR) is 38.2 cm³/mol. The van der Waals surface area contributed by atoms with Crippen LogP contribution in [0.25, 0.3) is 0 Å². The van der Waals surface area contributed by atoms with Gasteiger partial charge >= 0.3 is 0 Å². The van der Waals surface area contributed by atoms with Crippen molar-refractivity contribution >= 4 is 6.29 Å². The summed E-state index contributed by atoms with van der Waals surface area (Å²) in [4.78, 5) is 12.4. The van der Waals surface area contributed by atoms with Gasteiger partial charge in [-0.2, -0.15) is 0 Å². The lowest BCUT2D eigenvalue weighted by atomic mass is 10.4. The number of likely N-dealkylation sites (N-methyl/N-ethyl adjacent to an activating group) is 1. The molecule has 0 amide bonds. The highest BCUT2D eigenvalue weighted by Gasteiger charge is 2.35. The van der Waals surface area contributed by atoms with Crippen LogP contribution in [-0.4, -0.2) is 36.6 Å². The first kappa shape index (κ1) is 7.65. The van der Waals surface area contributed by atoms with Crippen molar-refractivity contribution in [3.63, 3.8) is 0 Å². The first-order valence-electron chi connectivity index (χ1n) is 3.48. The fourth-order valence-electron chi connectivity index (χ4n) is 1.22. The first-order chi connectivity index (χ1) is 4.73. The summed E-state index contributed by atoms with van der Waals surface area (Å²) in [6.07, 6.45) is 0.753. The average molecular weight is 143 g/mol. The second-order valence-electron chi connectivity index (χ2n) is 2.45. The zero-order chi connectivity index (χ0) is 7.61. The lowest BCUT2D eigenvalue weighted by Gasteiger charge is -2.27. The molecule has 4 heteroatoms. The van der Waals surface area contributed by atoms with Crippen LogP contribution >= 0.6 is 0 Å². The highest BCUT2D eigenvalue weighted by molar-refractivity contribution is 5.62. The molecule has 0 aromatic heterocycles. The third kappa shape index (κ3) is 1.05. The average Bonchev–Trinajstić information content (AvgIpc) is 2.32. The maximum atomic E-state index is 10.5. The quantitative estimate of drug-likeness (QED) is 0.473. The van der Waals surface area contributed by atoms with Gasteiger partial charge in [0.25, 0.3) is 0 Å². The lowest BCUT2D eigenvalue weighted by Crippen LogP contribution is -2.60. The van der Waals surface area contributed by atoms with Gasteiger partial charge in [-0.3, -0.25) is 20.7 Å². The van der Waals surface area contributed by atoms with Gasteiger partial charge in [-0.05, 0) is 6.54 Å². The summed E-state index contributed by atoms with van der Waals surface area (Å²) >= 11 is 0. The summed E-state index contributed by atoms with van der Waals surface area (Å²) in [5.74, 6) is -0.894. The van der Waals surface area contributed by atoms with Gasteiger partial charge in [-0.15, -0.1) is 0 Å². The molecule has 1 fully saturated rings. The van der Waals surface area contributed by atoms with Crippen molar-refractivity contribution in [3.8, 4) is 0 Å². The summed E-state index contributed by atoms with van der Waals surface area (Å²) in [6.45, 7) is 4.44. The zero-order valence-corrected chi connectivity index (χ0v) is 6.13. The van der Waals surface area contributed by atoms with Crippen LogP contribution in [0, 0.1) is 0 Å². The van der Waals surface area contributed by atoms with E-state index in [0.717, 1.165) is 25.9 Å². The number of aldehydes is 1. The number of carbonyl (C=O) groups is 1. The van der Waals surface area contributed by atoms with Crippen molar-refractivity contribution in [1.82, 2.24) is 10.2 Å². The van der Waals surface area contributed by atoms with E-state index in [9.17, 15) is 4.79 Å². The molecule has 3 N–H and O–H groups in total. The van der Waals surface area contributed by atoms with Gasteiger partial charge in [-0.1, -0.05) is 6.92 Å². The van der Waals surface area contributed by atoms with Crippen molar-refractivity contribution < 1.29 is 4.79 Å². The Balaban J connectivity index is 2.65. The summed E-state index contributed by atoms with van der Waals surface area (Å²) in [5.41, 5.74) is 5.66. The van der Waals surface area contributed by atoms with Crippen molar-refractivity contribution in [2.45, 2.75) is 12.7 Å². The zero-order valence-electron chi connectivity index (χ0n) is 6.13. The second-order valence-corrected chi connectivity index (χ2v) is 2.45. The normalized spacial score (nSPS) is 34.6. The Bertz CT molecular complexity index is 139. The Kier molecular flexibility index (Phi) is 2.03. The van der Waals surface area contributed by atoms with Crippen molar-refractivity contribution in [2.24, 2.45) is 5.73 Å². The molecule has 1 unspecified atom stereocenters. The van der Waals surface area contributed by atoms with E-state index in [2.05, 4.69) is 5.32 Å². The highest BCUT2D eigenvalue weighted by atomic mass is 16.1. The summed E-state index contributed by atoms with van der Waals surface area (Å²) in [7, 11) is 0. The fourth-order valence-corrected chi connectivity index (χ4v) is 1.22. The number of hydrogen-bond donors (Lipinski definition) is 2. The Hall–Kier alpha value is -0.450. The number of carbonyl (C=O) groups excluding carboxylic acids is 1. The van der Waals surface area contributed by atoms with Gasteiger partial charge in [0, 0.05) is 13.1 Å². The number of rotatable bonds is 2. The molecule has 0 aliphatic carbocycles. The molecule has 1 rings (SSSR count). The molecular formula is C6H13N3O. The summed E-state index contributed by atoms with van der Waals surface area (Å²) in [6, 6.07) is 0. The Morgan fingerprint density at radius 2 is 2.60 bits per heavy atom. The molecule has 1 heterocycles. The van der Waals surface area contributed by atoms with E-state index in [1.54, 1.807) is 0 Å². The summed E-state index contributed by atoms with van der Waals surface area (Å²) in [5, 5.41) is 2.92. The largest absolute Gasteiger partial charge is 0.298 e. The van der Waals surface area contributed by atoms with Gasteiger partial charge in [0.1, 0.15) is 0 Å². The number of nitrogens with two attached hydrogens (primary N) is 1. The first-order valence-corrected chi connectivity index (χ1v) is 3.48. The van der Waals surface area contributed by atoms with E-state index in [1.807, 2.05) is 11.8 Å². The molecule has 0 aromatic rings. The molecule has 58 valence electrons. The molecule has 1 aliphatic heterocycles. The Morgan fingerprint density at radius 1 is 1.90 bits per heavy atom. The molecule has 10 heavy (non-hydrogen) atoms. The van der Waals surface area contributed by atoms with Gasteiger partial charge < -0.3 is 0 Å². The standard InChI is InChI=1S/C6H13N3O/c1-2-9-4-3-8-6(9,7)5-10/h5,8H,2-4,7H2,1H3. The molecule has 0 saturated carbocycles. The molecule has 1 aliphatic rings. The van der Waals surface area contributed by atoms with Gasteiger partial charge in [0.05, 0.1) is 0 Å². The molecule has 4 nitrogen and oxygen atoms in total. The lowest BCUT2D eigenvalue weighted by molar-refractivity contribution is -0.117. The van der Waals surface area contributed by atoms with Crippen molar-refractivity contribution in [3.05, 3.63) is 0 Å². The molecule has 1 saturated heterocycles. The van der Waals surface area contributed by atoms with Crippen LogP contribution in [0.2, 0.25) is 0 Å². The molecule has 0 radical (unpaired) electrons. The van der Waals surface area contributed by atoms with E-state index in [1.165, 1.54) is 0 Å². The molecule has 0 aromatic carbocycles. The van der Waals surface area contributed by atoms with Crippen LogP contribution in [0.1, 0.15) is 6.92 Å². The number of nitrogens with one attached hydrogen (secondary N) is 1.